The van der Waals surface area contributed by atoms with Crippen molar-refractivity contribution in [2.24, 2.45) is 0 Å². The summed E-state index contributed by atoms with van der Waals surface area (Å²) in [4.78, 5) is 8.88. The van der Waals surface area contributed by atoms with Crippen molar-refractivity contribution in [2.45, 2.75) is 31.7 Å². The highest BCUT2D eigenvalue weighted by Crippen LogP contribution is 2.25. The second-order valence-electron chi connectivity index (χ2n) is 5.33. The summed E-state index contributed by atoms with van der Waals surface area (Å²) >= 11 is 2.25. The standard InChI is InChI=1S/C16H16IN5/c17-14-10-19-16(21-13-7-5-11(9-18)6-8-13)22-15(14)20-12-3-1-2-4-12/h5-8,10,12H,1-4H2,(H2,19,20,21,22). The summed E-state index contributed by atoms with van der Waals surface area (Å²) in [6.07, 6.45) is 6.80. The van der Waals surface area contributed by atoms with E-state index in [0.717, 1.165) is 15.1 Å². The number of benzene rings is 1. The van der Waals surface area contributed by atoms with Gasteiger partial charge in [-0.15, -0.1) is 0 Å². The maximum absolute atomic E-state index is 8.82. The molecule has 0 atom stereocenters. The van der Waals surface area contributed by atoms with Crippen LogP contribution >= 0.6 is 22.6 Å². The quantitative estimate of drug-likeness (QED) is 0.751. The lowest BCUT2D eigenvalue weighted by molar-refractivity contribution is 0.749. The molecule has 22 heavy (non-hydrogen) atoms. The Balaban J connectivity index is 1.74. The van der Waals surface area contributed by atoms with Crippen molar-refractivity contribution in [1.82, 2.24) is 9.97 Å². The van der Waals surface area contributed by atoms with Crippen LogP contribution in [0.25, 0.3) is 0 Å². The maximum Gasteiger partial charge on any atom is 0.229 e. The molecule has 6 heteroatoms. The molecule has 1 aliphatic rings. The summed E-state index contributed by atoms with van der Waals surface area (Å²) in [5, 5.41) is 15.5. The molecule has 1 heterocycles. The molecule has 1 aliphatic carbocycles. The molecule has 1 aromatic heterocycles. The van der Waals surface area contributed by atoms with Crippen molar-refractivity contribution >= 4 is 40.0 Å². The zero-order valence-electron chi connectivity index (χ0n) is 12.0. The molecule has 2 aromatic rings. The average molecular weight is 405 g/mol. The van der Waals surface area contributed by atoms with Gasteiger partial charge in [0.1, 0.15) is 5.82 Å². The Bertz CT molecular complexity index is 687. The van der Waals surface area contributed by atoms with Crippen LogP contribution in [-0.2, 0) is 0 Å². The Morgan fingerprint density at radius 1 is 1.18 bits per heavy atom. The Kier molecular flexibility index (Phi) is 4.73. The molecule has 0 saturated heterocycles. The Morgan fingerprint density at radius 2 is 1.91 bits per heavy atom. The summed E-state index contributed by atoms with van der Waals surface area (Å²) in [7, 11) is 0. The molecule has 0 unspecified atom stereocenters. The van der Waals surface area contributed by atoms with Crippen LogP contribution in [0.15, 0.2) is 30.5 Å². The van der Waals surface area contributed by atoms with Gasteiger partial charge in [-0.05, 0) is 59.7 Å². The van der Waals surface area contributed by atoms with Gasteiger partial charge >= 0.3 is 0 Å². The van der Waals surface area contributed by atoms with E-state index in [9.17, 15) is 0 Å². The van der Waals surface area contributed by atoms with Crippen LogP contribution in [-0.4, -0.2) is 16.0 Å². The average Bonchev–Trinajstić information content (AvgIpc) is 3.04. The predicted octanol–water partition coefficient (Wildman–Crippen LogP) is 4.05. The number of anilines is 3. The van der Waals surface area contributed by atoms with E-state index >= 15 is 0 Å². The maximum atomic E-state index is 8.82. The van der Waals surface area contributed by atoms with Crippen molar-refractivity contribution < 1.29 is 0 Å². The second-order valence-corrected chi connectivity index (χ2v) is 6.49. The third kappa shape index (κ3) is 3.65. The van der Waals surface area contributed by atoms with Crippen LogP contribution in [0.1, 0.15) is 31.2 Å². The van der Waals surface area contributed by atoms with Gasteiger partial charge in [-0.1, -0.05) is 12.8 Å². The molecule has 0 radical (unpaired) electrons. The first-order valence-corrected chi connectivity index (χ1v) is 8.39. The molecule has 112 valence electrons. The normalized spacial score (nSPS) is 14.5. The van der Waals surface area contributed by atoms with E-state index in [1.54, 1.807) is 12.1 Å². The zero-order valence-corrected chi connectivity index (χ0v) is 14.2. The molecular weight excluding hydrogens is 389 g/mol. The summed E-state index contributed by atoms with van der Waals surface area (Å²) in [6.45, 7) is 0. The Labute approximate surface area is 143 Å². The highest BCUT2D eigenvalue weighted by molar-refractivity contribution is 14.1. The van der Waals surface area contributed by atoms with Crippen LogP contribution in [0.5, 0.6) is 0 Å². The lowest BCUT2D eigenvalue weighted by Gasteiger charge is -2.15. The van der Waals surface area contributed by atoms with Gasteiger partial charge in [0.05, 0.1) is 15.2 Å². The fourth-order valence-corrected chi connectivity index (χ4v) is 2.96. The molecule has 3 rings (SSSR count). The summed E-state index contributed by atoms with van der Waals surface area (Å²) in [5.41, 5.74) is 1.50. The fourth-order valence-electron chi connectivity index (χ4n) is 2.55. The first kappa shape index (κ1) is 15.0. The number of halogens is 1. The molecule has 0 spiro atoms. The highest BCUT2D eigenvalue weighted by atomic mass is 127. The molecule has 1 aromatic carbocycles. The Morgan fingerprint density at radius 3 is 2.59 bits per heavy atom. The molecule has 5 nitrogen and oxygen atoms in total. The third-order valence-corrected chi connectivity index (χ3v) is 4.50. The molecule has 0 amide bonds. The van der Waals surface area contributed by atoms with Crippen LogP contribution in [0.3, 0.4) is 0 Å². The van der Waals surface area contributed by atoms with Crippen molar-refractivity contribution in [2.75, 3.05) is 10.6 Å². The summed E-state index contributed by atoms with van der Waals surface area (Å²) < 4.78 is 1.02. The van der Waals surface area contributed by atoms with Crippen LogP contribution in [0, 0.1) is 14.9 Å². The molecule has 1 saturated carbocycles. The van der Waals surface area contributed by atoms with Crippen molar-refractivity contribution in [1.29, 1.82) is 5.26 Å². The molecular formula is C16H16IN5. The van der Waals surface area contributed by atoms with Gasteiger partial charge in [0, 0.05) is 17.9 Å². The van der Waals surface area contributed by atoms with Gasteiger partial charge < -0.3 is 10.6 Å². The Hall–Kier alpha value is -1.88. The van der Waals surface area contributed by atoms with E-state index in [2.05, 4.69) is 49.3 Å². The van der Waals surface area contributed by atoms with Gasteiger partial charge in [-0.2, -0.15) is 10.2 Å². The fraction of sp³-hybridized carbons (Fsp3) is 0.312. The number of rotatable bonds is 4. The van der Waals surface area contributed by atoms with Gasteiger partial charge in [0.2, 0.25) is 5.95 Å². The van der Waals surface area contributed by atoms with Crippen molar-refractivity contribution in [3.63, 3.8) is 0 Å². The van der Waals surface area contributed by atoms with Crippen LogP contribution in [0.4, 0.5) is 17.5 Å². The van der Waals surface area contributed by atoms with Crippen LogP contribution < -0.4 is 10.6 Å². The minimum Gasteiger partial charge on any atom is -0.366 e. The van der Waals surface area contributed by atoms with E-state index < -0.39 is 0 Å². The number of hydrogen-bond donors (Lipinski definition) is 2. The number of nitriles is 1. The topological polar surface area (TPSA) is 73.6 Å². The molecule has 0 bridgehead atoms. The van der Waals surface area contributed by atoms with Gasteiger partial charge in [-0.25, -0.2) is 4.98 Å². The molecule has 0 aliphatic heterocycles. The lowest BCUT2D eigenvalue weighted by Crippen LogP contribution is -2.17. The number of nitrogens with zero attached hydrogens (tertiary/aromatic N) is 3. The van der Waals surface area contributed by atoms with Gasteiger partial charge in [0.25, 0.3) is 0 Å². The largest absolute Gasteiger partial charge is 0.366 e. The van der Waals surface area contributed by atoms with E-state index in [0.29, 0.717) is 17.6 Å². The van der Waals surface area contributed by atoms with E-state index in [4.69, 9.17) is 5.26 Å². The first-order chi connectivity index (χ1) is 10.7. The highest BCUT2D eigenvalue weighted by Gasteiger charge is 2.16. The number of nitrogens with one attached hydrogen (secondary N) is 2. The molecule has 2 N–H and O–H groups in total. The van der Waals surface area contributed by atoms with E-state index in [1.807, 2.05) is 18.3 Å². The SMILES string of the molecule is N#Cc1ccc(Nc2ncc(I)c(NC3CCCC3)n2)cc1. The summed E-state index contributed by atoms with van der Waals surface area (Å²) in [5.74, 6) is 1.45. The number of hydrogen-bond acceptors (Lipinski definition) is 5. The van der Waals surface area contributed by atoms with Crippen molar-refractivity contribution in [3.05, 3.63) is 39.6 Å². The zero-order chi connectivity index (χ0) is 15.4. The minimum absolute atomic E-state index is 0.520. The lowest BCUT2D eigenvalue weighted by atomic mass is 10.2. The van der Waals surface area contributed by atoms with Crippen LogP contribution in [0.2, 0.25) is 0 Å². The van der Waals surface area contributed by atoms with E-state index in [1.165, 1.54) is 25.7 Å². The molecule has 1 fully saturated rings. The van der Waals surface area contributed by atoms with Crippen molar-refractivity contribution in [3.8, 4) is 6.07 Å². The van der Waals surface area contributed by atoms with E-state index in [-0.39, 0.29) is 0 Å². The summed E-state index contributed by atoms with van der Waals surface area (Å²) in [6, 6.07) is 9.87. The second kappa shape index (κ2) is 6.92. The monoisotopic (exact) mass is 405 g/mol. The smallest absolute Gasteiger partial charge is 0.229 e. The number of aromatic nitrogens is 2. The van der Waals surface area contributed by atoms with Gasteiger partial charge in [-0.3, -0.25) is 0 Å². The third-order valence-electron chi connectivity index (χ3n) is 3.71. The minimum atomic E-state index is 0.520. The predicted molar refractivity (Wildman–Crippen MR) is 95.1 cm³/mol. The van der Waals surface area contributed by atoms with Gasteiger partial charge in [0.15, 0.2) is 0 Å². The first-order valence-electron chi connectivity index (χ1n) is 7.31.